The number of nitrogens with zero attached hydrogens (tertiary/aromatic N) is 3. The fourth-order valence-corrected chi connectivity index (χ4v) is 2.09. The molecule has 1 aliphatic rings. The predicted molar refractivity (Wildman–Crippen MR) is 65.0 cm³/mol. The highest BCUT2D eigenvalue weighted by Gasteiger charge is 2.20. The zero-order chi connectivity index (χ0) is 12.3. The maximum Gasteiger partial charge on any atom is 0.274 e. The molecule has 1 fully saturated rings. The first-order chi connectivity index (χ1) is 8.16. The Bertz CT molecular complexity index is 410. The van der Waals surface area contributed by atoms with Gasteiger partial charge >= 0.3 is 0 Å². The average molecular weight is 236 g/mol. The molecular weight excluding hydrogens is 220 g/mol. The number of anilines is 1. The van der Waals surface area contributed by atoms with E-state index in [0.717, 1.165) is 13.1 Å². The minimum Gasteiger partial charge on any atom is -0.368 e. The number of rotatable bonds is 4. The van der Waals surface area contributed by atoms with Crippen LogP contribution in [0.25, 0.3) is 0 Å². The summed E-state index contributed by atoms with van der Waals surface area (Å²) in [4.78, 5) is 16.6. The number of likely N-dealkylation sites (tertiary alicyclic amines) is 1. The van der Waals surface area contributed by atoms with Crippen LogP contribution in [0.15, 0.2) is 18.3 Å². The van der Waals surface area contributed by atoms with Gasteiger partial charge in [0.25, 0.3) is 5.69 Å². The van der Waals surface area contributed by atoms with Crippen LogP contribution in [0.2, 0.25) is 0 Å². The van der Waals surface area contributed by atoms with Gasteiger partial charge in [0.2, 0.25) is 0 Å². The van der Waals surface area contributed by atoms with Gasteiger partial charge in [0.05, 0.1) is 11.0 Å². The third-order valence-electron chi connectivity index (χ3n) is 3.14. The van der Waals surface area contributed by atoms with Crippen molar-refractivity contribution in [3.63, 3.8) is 0 Å². The summed E-state index contributed by atoms with van der Waals surface area (Å²) >= 11 is 0. The van der Waals surface area contributed by atoms with Gasteiger partial charge in [-0.3, -0.25) is 10.1 Å². The van der Waals surface area contributed by atoms with Crippen LogP contribution in [-0.4, -0.2) is 41.0 Å². The van der Waals surface area contributed by atoms with Gasteiger partial charge in [-0.1, -0.05) is 0 Å². The zero-order valence-corrected chi connectivity index (χ0v) is 9.80. The van der Waals surface area contributed by atoms with Crippen molar-refractivity contribution in [2.75, 3.05) is 25.5 Å². The Kier molecular flexibility index (Phi) is 3.53. The molecule has 0 bridgehead atoms. The van der Waals surface area contributed by atoms with Crippen LogP contribution < -0.4 is 5.32 Å². The van der Waals surface area contributed by atoms with Crippen LogP contribution in [0.4, 0.5) is 11.5 Å². The Morgan fingerprint density at radius 2 is 2.53 bits per heavy atom. The van der Waals surface area contributed by atoms with Crippen LogP contribution in [0, 0.1) is 10.1 Å². The number of nitrogens with one attached hydrogen (secondary N) is 1. The number of pyridine rings is 1. The third kappa shape index (κ3) is 2.91. The third-order valence-corrected chi connectivity index (χ3v) is 3.14. The lowest BCUT2D eigenvalue weighted by atomic mass is 10.2. The average Bonchev–Trinajstić information content (AvgIpc) is 2.72. The number of hydrogen-bond donors (Lipinski definition) is 1. The second-order valence-electron chi connectivity index (χ2n) is 4.31. The summed E-state index contributed by atoms with van der Waals surface area (Å²) in [5.41, 5.74) is 0.0716. The van der Waals surface area contributed by atoms with E-state index < -0.39 is 4.92 Å². The summed E-state index contributed by atoms with van der Waals surface area (Å²) in [6.45, 7) is 1.90. The lowest BCUT2D eigenvalue weighted by Gasteiger charge is -2.19. The first-order valence-electron chi connectivity index (χ1n) is 5.71. The van der Waals surface area contributed by atoms with Crippen molar-refractivity contribution in [1.29, 1.82) is 0 Å². The second kappa shape index (κ2) is 5.09. The van der Waals surface area contributed by atoms with Crippen LogP contribution >= 0.6 is 0 Å². The molecule has 0 radical (unpaired) electrons. The van der Waals surface area contributed by atoms with Crippen molar-refractivity contribution < 1.29 is 4.92 Å². The Morgan fingerprint density at radius 1 is 1.71 bits per heavy atom. The highest BCUT2D eigenvalue weighted by Crippen LogP contribution is 2.17. The number of likely N-dealkylation sites (N-methyl/N-ethyl adjacent to an activating group) is 1. The van der Waals surface area contributed by atoms with E-state index in [1.807, 2.05) is 0 Å². The van der Waals surface area contributed by atoms with E-state index in [-0.39, 0.29) is 5.69 Å². The first kappa shape index (κ1) is 11.8. The second-order valence-corrected chi connectivity index (χ2v) is 4.31. The van der Waals surface area contributed by atoms with Crippen molar-refractivity contribution in [2.45, 2.75) is 18.9 Å². The summed E-state index contributed by atoms with van der Waals surface area (Å²) < 4.78 is 0. The van der Waals surface area contributed by atoms with Crippen LogP contribution in [0.1, 0.15) is 12.8 Å². The number of aromatic nitrogens is 1. The summed E-state index contributed by atoms with van der Waals surface area (Å²) in [7, 11) is 2.10. The molecule has 2 heterocycles. The van der Waals surface area contributed by atoms with E-state index in [9.17, 15) is 10.1 Å². The van der Waals surface area contributed by atoms with Crippen LogP contribution in [0.5, 0.6) is 0 Å². The van der Waals surface area contributed by atoms with Gasteiger partial charge in [0.1, 0.15) is 5.82 Å². The van der Waals surface area contributed by atoms with E-state index in [4.69, 9.17) is 0 Å². The quantitative estimate of drug-likeness (QED) is 0.633. The topological polar surface area (TPSA) is 71.3 Å². The standard InChI is InChI=1S/C11H16N4O2/c1-14-6-2-3-10(14)8-13-11-7-9(15(16)17)4-5-12-11/h4-5,7,10H,2-3,6,8H2,1H3,(H,12,13). The first-order valence-corrected chi connectivity index (χ1v) is 5.71. The Labute approximate surface area is 99.8 Å². The molecule has 17 heavy (non-hydrogen) atoms. The van der Waals surface area contributed by atoms with Gasteiger partial charge in [-0.05, 0) is 26.4 Å². The Morgan fingerprint density at radius 3 is 3.18 bits per heavy atom. The lowest BCUT2D eigenvalue weighted by molar-refractivity contribution is -0.384. The van der Waals surface area contributed by atoms with Gasteiger partial charge in [-0.2, -0.15) is 0 Å². The maximum atomic E-state index is 10.6. The van der Waals surface area contributed by atoms with E-state index >= 15 is 0 Å². The van der Waals surface area contributed by atoms with E-state index in [0.29, 0.717) is 11.9 Å². The van der Waals surface area contributed by atoms with E-state index in [2.05, 4.69) is 22.2 Å². The normalized spacial score (nSPS) is 20.4. The molecule has 0 aliphatic carbocycles. The minimum absolute atomic E-state index is 0.0716. The molecule has 1 atom stereocenters. The molecule has 0 spiro atoms. The summed E-state index contributed by atoms with van der Waals surface area (Å²) in [6.07, 6.45) is 3.84. The molecule has 1 unspecified atom stereocenters. The summed E-state index contributed by atoms with van der Waals surface area (Å²) in [5.74, 6) is 0.569. The number of hydrogen-bond acceptors (Lipinski definition) is 5. The SMILES string of the molecule is CN1CCCC1CNc1cc([N+](=O)[O-])ccn1. The number of nitro groups is 1. The fourth-order valence-electron chi connectivity index (χ4n) is 2.09. The van der Waals surface area contributed by atoms with Crippen molar-refractivity contribution >= 4 is 11.5 Å². The molecule has 6 heteroatoms. The van der Waals surface area contributed by atoms with E-state index in [1.54, 1.807) is 0 Å². The van der Waals surface area contributed by atoms with Crippen molar-refractivity contribution in [3.8, 4) is 0 Å². The highest BCUT2D eigenvalue weighted by molar-refractivity contribution is 5.44. The largest absolute Gasteiger partial charge is 0.368 e. The molecule has 1 aliphatic heterocycles. The van der Waals surface area contributed by atoms with Gasteiger partial charge in [0.15, 0.2) is 0 Å². The molecule has 92 valence electrons. The zero-order valence-electron chi connectivity index (χ0n) is 9.80. The maximum absolute atomic E-state index is 10.6. The molecule has 1 saturated heterocycles. The van der Waals surface area contributed by atoms with Crippen LogP contribution in [-0.2, 0) is 0 Å². The Balaban J connectivity index is 1.94. The molecule has 6 nitrogen and oxygen atoms in total. The van der Waals surface area contributed by atoms with Gasteiger partial charge in [0, 0.05) is 24.8 Å². The lowest BCUT2D eigenvalue weighted by Crippen LogP contribution is -2.31. The smallest absolute Gasteiger partial charge is 0.274 e. The summed E-state index contributed by atoms with van der Waals surface area (Å²) in [5, 5.41) is 13.8. The van der Waals surface area contributed by atoms with Crippen molar-refractivity contribution in [2.24, 2.45) is 0 Å². The summed E-state index contributed by atoms with van der Waals surface area (Å²) in [6, 6.07) is 3.36. The molecule has 1 aromatic heterocycles. The molecule has 1 aromatic rings. The molecule has 1 N–H and O–H groups in total. The minimum atomic E-state index is -0.408. The van der Waals surface area contributed by atoms with Crippen LogP contribution in [0.3, 0.4) is 0 Å². The van der Waals surface area contributed by atoms with Gasteiger partial charge in [-0.15, -0.1) is 0 Å². The molecule has 0 saturated carbocycles. The molecule has 0 amide bonds. The molecule has 2 rings (SSSR count). The molecular formula is C11H16N4O2. The fraction of sp³-hybridized carbons (Fsp3) is 0.545. The molecule has 0 aromatic carbocycles. The van der Waals surface area contributed by atoms with Gasteiger partial charge in [-0.25, -0.2) is 4.98 Å². The Hall–Kier alpha value is -1.69. The van der Waals surface area contributed by atoms with Crippen molar-refractivity contribution in [3.05, 3.63) is 28.4 Å². The van der Waals surface area contributed by atoms with Crippen molar-refractivity contribution in [1.82, 2.24) is 9.88 Å². The predicted octanol–water partition coefficient (Wildman–Crippen LogP) is 1.50. The monoisotopic (exact) mass is 236 g/mol. The van der Waals surface area contributed by atoms with Gasteiger partial charge < -0.3 is 10.2 Å². The highest BCUT2D eigenvalue weighted by atomic mass is 16.6. The van der Waals surface area contributed by atoms with E-state index in [1.165, 1.54) is 31.2 Å².